The Bertz CT molecular complexity index is 205. The lowest BCUT2D eigenvalue weighted by atomic mass is 9.81. The Labute approximate surface area is 79.3 Å². The molecule has 0 aromatic heterocycles. The van der Waals surface area contributed by atoms with Crippen molar-refractivity contribution in [3.63, 3.8) is 0 Å². The van der Waals surface area contributed by atoms with Crippen LogP contribution in [0.25, 0.3) is 0 Å². The number of rotatable bonds is 1. The normalized spacial score (nSPS) is 40.4. The minimum atomic E-state index is 0.156. The Morgan fingerprint density at radius 1 is 1.38 bits per heavy atom. The summed E-state index contributed by atoms with van der Waals surface area (Å²) in [5.41, 5.74) is 0. The number of amides is 1. The molecule has 1 aliphatic heterocycles. The number of carbonyl (C=O) groups excluding carboxylic acids is 1. The van der Waals surface area contributed by atoms with Crippen molar-refractivity contribution in [2.24, 2.45) is 11.8 Å². The van der Waals surface area contributed by atoms with Gasteiger partial charge in [0.15, 0.2) is 0 Å². The maximum atomic E-state index is 11.0. The Morgan fingerprint density at radius 2 is 2.23 bits per heavy atom. The molecule has 2 rings (SSSR count). The molecule has 2 aliphatic rings. The van der Waals surface area contributed by atoms with E-state index >= 15 is 0 Å². The molecular formula is C10H18N2O. The van der Waals surface area contributed by atoms with E-state index in [4.69, 9.17) is 0 Å². The Balaban J connectivity index is 1.89. The van der Waals surface area contributed by atoms with E-state index in [1.54, 1.807) is 0 Å². The zero-order valence-electron chi connectivity index (χ0n) is 8.18. The Kier molecular flexibility index (Phi) is 2.54. The van der Waals surface area contributed by atoms with Crippen LogP contribution in [0.4, 0.5) is 0 Å². The number of carbonyl (C=O) groups is 1. The summed E-state index contributed by atoms with van der Waals surface area (Å²) >= 11 is 0. The zero-order chi connectivity index (χ0) is 9.26. The fourth-order valence-electron chi connectivity index (χ4n) is 2.55. The predicted molar refractivity (Wildman–Crippen MR) is 51.1 cm³/mol. The Morgan fingerprint density at radius 3 is 2.85 bits per heavy atom. The van der Waals surface area contributed by atoms with Crippen LogP contribution in [0.5, 0.6) is 0 Å². The molecule has 0 aromatic carbocycles. The number of nitrogens with one attached hydrogen (secondary N) is 2. The lowest BCUT2D eigenvalue weighted by Crippen LogP contribution is -2.41. The first-order valence-corrected chi connectivity index (χ1v) is 5.28. The molecule has 1 saturated carbocycles. The van der Waals surface area contributed by atoms with E-state index in [0.717, 1.165) is 5.92 Å². The quantitative estimate of drug-likeness (QED) is 0.631. The van der Waals surface area contributed by atoms with E-state index in [2.05, 4.69) is 17.6 Å². The summed E-state index contributed by atoms with van der Waals surface area (Å²) in [5, 5.41) is 6.23. The zero-order valence-corrected chi connectivity index (χ0v) is 8.18. The van der Waals surface area contributed by atoms with Crippen molar-refractivity contribution in [2.75, 3.05) is 6.54 Å². The van der Waals surface area contributed by atoms with Gasteiger partial charge in [0, 0.05) is 0 Å². The molecule has 74 valence electrons. The second kappa shape index (κ2) is 3.66. The molecule has 3 nitrogen and oxygen atoms in total. The van der Waals surface area contributed by atoms with E-state index in [1.807, 2.05) is 0 Å². The van der Waals surface area contributed by atoms with Gasteiger partial charge in [-0.1, -0.05) is 19.8 Å². The van der Waals surface area contributed by atoms with Crippen LogP contribution in [0.2, 0.25) is 0 Å². The molecule has 13 heavy (non-hydrogen) atoms. The van der Waals surface area contributed by atoms with Gasteiger partial charge in [0.05, 0.1) is 12.7 Å². The third-order valence-corrected chi connectivity index (χ3v) is 3.25. The first-order chi connectivity index (χ1) is 6.25. The van der Waals surface area contributed by atoms with Crippen LogP contribution in [0.15, 0.2) is 0 Å². The largest absolute Gasteiger partial charge is 0.339 e. The molecule has 0 bridgehead atoms. The van der Waals surface area contributed by atoms with E-state index < -0.39 is 0 Å². The molecule has 3 atom stereocenters. The third-order valence-electron chi connectivity index (χ3n) is 3.25. The van der Waals surface area contributed by atoms with Crippen LogP contribution in [0.3, 0.4) is 0 Å². The van der Waals surface area contributed by atoms with Gasteiger partial charge in [0.1, 0.15) is 0 Å². The fraction of sp³-hybridized carbons (Fsp3) is 0.900. The molecule has 1 aliphatic carbocycles. The summed E-state index contributed by atoms with van der Waals surface area (Å²) in [5.74, 6) is 1.65. The number of hydrogen-bond acceptors (Lipinski definition) is 2. The molecule has 3 heteroatoms. The van der Waals surface area contributed by atoms with Crippen LogP contribution in [0, 0.1) is 11.8 Å². The summed E-state index contributed by atoms with van der Waals surface area (Å²) in [6.45, 7) is 2.82. The highest BCUT2D eigenvalue weighted by molar-refractivity contribution is 5.80. The SMILES string of the molecule is CC1CCCC(C2NCC(=O)N2)C1. The van der Waals surface area contributed by atoms with Crippen molar-refractivity contribution in [3.8, 4) is 0 Å². The van der Waals surface area contributed by atoms with Gasteiger partial charge in [0.25, 0.3) is 0 Å². The van der Waals surface area contributed by atoms with Crippen LogP contribution in [0.1, 0.15) is 32.6 Å². The highest BCUT2D eigenvalue weighted by Crippen LogP contribution is 2.30. The van der Waals surface area contributed by atoms with E-state index in [9.17, 15) is 4.79 Å². The summed E-state index contributed by atoms with van der Waals surface area (Å²) < 4.78 is 0. The summed E-state index contributed by atoms with van der Waals surface area (Å²) in [4.78, 5) is 11.0. The third kappa shape index (κ3) is 2.02. The first-order valence-electron chi connectivity index (χ1n) is 5.28. The molecule has 1 amide bonds. The van der Waals surface area contributed by atoms with Crippen LogP contribution < -0.4 is 10.6 Å². The maximum absolute atomic E-state index is 11.0. The highest BCUT2D eigenvalue weighted by atomic mass is 16.2. The van der Waals surface area contributed by atoms with E-state index in [0.29, 0.717) is 12.5 Å². The van der Waals surface area contributed by atoms with Crippen LogP contribution in [-0.2, 0) is 4.79 Å². The lowest BCUT2D eigenvalue weighted by molar-refractivity contribution is -0.118. The molecular weight excluding hydrogens is 164 g/mol. The van der Waals surface area contributed by atoms with E-state index in [-0.39, 0.29) is 12.1 Å². The van der Waals surface area contributed by atoms with Gasteiger partial charge in [-0.15, -0.1) is 0 Å². The standard InChI is InChI=1S/C10H18N2O/c1-7-3-2-4-8(5-7)10-11-6-9(13)12-10/h7-8,10-11H,2-6H2,1H3,(H,12,13). The van der Waals surface area contributed by atoms with Crippen molar-refractivity contribution < 1.29 is 4.79 Å². The summed E-state index contributed by atoms with van der Waals surface area (Å²) in [6, 6.07) is 0. The van der Waals surface area contributed by atoms with Gasteiger partial charge in [-0.2, -0.15) is 0 Å². The predicted octanol–water partition coefficient (Wildman–Crippen LogP) is 0.858. The molecule has 3 unspecified atom stereocenters. The van der Waals surface area contributed by atoms with Crippen molar-refractivity contribution in [1.82, 2.24) is 10.6 Å². The fourth-order valence-corrected chi connectivity index (χ4v) is 2.55. The van der Waals surface area contributed by atoms with E-state index in [1.165, 1.54) is 25.7 Å². The highest BCUT2D eigenvalue weighted by Gasteiger charge is 2.30. The molecule has 1 heterocycles. The van der Waals surface area contributed by atoms with Gasteiger partial charge in [-0.3, -0.25) is 10.1 Å². The Hall–Kier alpha value is -0.570. The molecule has 0 radical (unpaired) electrons. The lowest BCUT2D eigenvalue weighted by Gasteiger charge is -2.30. The molecule has 2 fully saturated rings. The second-order valence-corrected chi connectivity index (χ2v) is 4.46. The van der Waals surface area contributed by atoms with Gasteiger partial charge in [-0.05, 0) is 24.7 Å². The monoisotopic (exact) mass is 182 g/mol. The van der Waals surface area contributed by atoms with Crippen molar-refractivity contribution >= 4 is 5.91 Å². The second-order valence-electron chi connectivity index (χ2n) is 4.46. The maximum Gasteiger partial charge on any atom is 0.235 e. The topological polar surface area (TPSA) is 41.1 Å². The van der Waals surface area contributed by atoms with Crippen LogP contribution in [-0.4, -0.2) is 18.6 Å². The minimum absolute atomic E-state index is 0.156. The van der Waals surface area contributed by atoms with Crippen molar-refractivity contribution in [3.05, 3.63) is 0 Å². The van der Waals surface area contributed by atoms with Gasteiger partial charge >= 0.3 is 0 Å². The van der Waals surface area contributed by atoms with Crippen molar-refractivity contribution in [2.45, 2.75) is 38.8 Å². The molecule has 2 N–H and O–H groups in total. The molecule has 0 aromatic rings. The summed E-state index contributed by atoms with van der Waals surface area (Å²) in [7, 11) is 0. The average Bonchev–Trinajstić information content (AvgIpc) is 2.52. The van der Waals surface area contributed by atoms with Crippen molar-refractivity contribution in [1.29, 1.82) is 0 Å². The first kappa shape index (κ1) is 9.00. The smallest absolute Gasteiger partial charge is 0.235 e. The van der Waals surface area contributed by atoms with Gasteiger partial charge in [0.2, 0.25) is 5.91 Å². The minimum Gasteiger partial charge on any atom is -0.339 e. The average molecular weight is 182 g/mol. The van der Waals surface area contributed by atoms with Gasteiger partial charge in [-0.25, -0.2) is 0 Å². The summed E-state index contributed by atoms with van der Waals surface area (Å²) in [6.07, 6.45) is 5.47. The van der Waals surface area contributed by atoms with Gasteiger partial charge < -0.3 is 5.32 Å². The molecule has 1 saturated heterocycles. The molecule has 0 spiro atoms. The van der Waals surface area contributed by atoms with Crippen LogP contribution >= 0.6 is 0 Å². The number of hydrogen-bond donors (Lipinski definition) is 2.